The molecule has 1 aliphatic rings. The predicted octanol–water partition coefficient (Wildman–Crippen LogP) is 4.38. The van der Waals surface area contributed by atoms with Crippen molar-refractivity contribution >= 4 is 28.4 Å². The highest BCUT2D eigenvalue weighted by Gasteiger charge is 2.21. The van der Waals surface area contributed by atoms with Crippen LogP contribution in [-0.4, -0.2) is 35.9 Å². The van der Waals surface area contributed by atoms with Gasteiger partial charge in [-0.1, -0.05) is 0 Å². The lowest BCUT2D eigenvalue weighted by Gasteiger charge is -2.28. The number of nitrogens with zero attached hydrogens (tertiary/aromatic N) is 3. The zero-order valence-electron chi connectivity index (χ0n) is 17.4. The molecule has 0 unspecified atom stereocenters. The molecule has 0 atom stereocenters. The minimum atomic E-state index is -0.605. The number of hydrogen-bond donors (Lipinski definition) is 1. The Labute approximate surface area is 186 Å². The minimum Gasteiger partial charge on any atom is -0.378 e. The van der Waals surface area contributed by atoms with E-state index in [9.17, 15) is 18.0 Å². The average Bonchev–Trinajstić information content (AvgIpc) is 2.82. The maximum Gasteiger partial charge on any atom is 0.193 e. The molecule has 0 saturated carbocycles. The van der Waals surface area contributed by atoms with Crippen LogP contribution in [0, 0.1) is 17.5 Å². The van der Waals surface area contributed by atoms with Gasteiger partial charge in [0.25, 0.3) is 0 Å². The van der Waals surface area contributed by atoms with E-state index in [4.69, 9.17) is 4.74 Å². The Bertz CT molecular complexity index is 1370. The van der Waals surface area contributed by atoms with E-state index in [1.54, 1.807) is 9.47 Å². The molecule has 1 aliphatic heterocycles. The molecule has 1 saturated heterocycles. The molecule has 0 amide bonds. The number of morpholine rings is 1. The van der Waals surface area contributed by atoms with E-state index in [0.717, 1.165) is 0 Å². The molecule has 2 aromatic carbocycles. The van der Waals surface area contributed by atoms with Crippen LogP contribution in [0.3, 0.4) is 0 Å². The van der Waals surface area contributed by atoms with Gasteiger partial charge in [0.1, 0.15) is 17.5 Å². The van der Waals surface area contributed by atoms with Gasteiger partial charge in [-0.05, 0) is 54.6 Å². The molecule has 0 radical (unpaired) electrons. The fourth-order valence-electron chi connectivity index (χ4n) is 3.82. The molecule has 6 nitrogen and oxygen atoms in total. The van der Waals surface area contributed by atoms with Crippen molar-refractivity contribution in [3.63, 3.8) is 0 Å². The van der Waals surface area contributed by atoms with Gasteiger partial charge in [0.15, 0.2) is 22.7 Å². The second-order valence-electron chi connectivity index (χ2n) is 7.60. The summed E-state index contributed by atoms with van der Waals surface area (Å²) >= 11 is 0. The largest absolute Gasteiger partial charge is 0.378 e. The van der Waals surface area contributed by atoms with Crippen LogP contribution in [-0.2, 0) is 4.74 Å². The highest BCUT2D eigenvalue weighted by molar-refractivity contribution is 5.82. The van der Waals surface area contributed by atoms with Crippen molar-refractivity contribution in [1.82, 2.24) is 9.55 Å². The zero-order valence-corrected chi connectivity index (χ0v) is 17.4. The smallest absolute Gasteiger partial charge is 0.193 e. The summed E-state index contributed by atoms with van der Waals surface area (Å²) in [7, 11) is 0. The van der Waals surface area contributed by atoms with Crippen molar-refractivity contribution < 1.29 is 17.9 Å². The van der Waals surface area contributed by atoms with Crippen molar-refractivity contribution in [2.24, 2.45) is 0 Å². The van der Waals surface area contributed by atoms with E-state index in [1.165, 1.54) is 60.7 Å². The van der Waals surface area contributed by atoms with Gasteiger partial charge in [-0.15, -0.1) is 0 Å². The second-order valence-corrected chi connectivity index (χ2v) is 7.60. The molecule has 168 valence electrons. The number of pyridine rings is 2. The molecule has 0 spiro atoms. The first-order chi connectivity index (χ1) is 16.0. The number of anilines is 3. The zero-order chi connectivity index (χ0) is 22.9. The van der Waals surface area contributed by atoms with E-state index in [0.29, 0.717) is 43.5 Å². The predicted molar refractivity (Wildman–Crippen MR) is 120 cm³/mol. The number of ether oxygens (including phenoxy) is 1. The molecular weight excluding hydrogens is 433 g/mol. The van der Waals surface area contributed by atoms with Crippen LogP contribution in [0.5, 0.6) is 0 Å². The average molecular weight is 452 g/mol. The summed E-state index contributed by atoms with van der Waals surface area (Å²) in [6.45, 7) is 1.81. The van der Waals surface area contributed by atoms with Gasteiger partial charge in [-0.25, -0.2) is 18.2 Å². The van der Waals surface area contributed by atoms with Crippen LogP contribution in [0.25, 0.3) is 16.7 Å². The Hall–Kier alpha value is -3.85. The van der Waals surface area contributed by atoms with Crippen LogP contribution in [0.1, 0.15) is 0 Å². The maximum absolute atomic E-state index is 15.0. The molecule has 1 N–H and O–H groups in total. The highest BCUT2D eigenvalue weighted by atomic mass is 19.1. The minimum absolute atomic E-state index is 0.0819. The summed E-state index contributed by atoms with van der Waals surface area (Å²) in [5, 5.41) is 3.18. The van der Waals surface area contributed by atoms with Gasteiger partial charge in [-0.2, -0.15) is 0 Å². The molecule has 3 heterocycles. The van der Waals surface area contributed by atoms with Gasteiger partial charge >= 0.3 is 0 Å². The van der Waals surface area contributed by atoms with Crippen LogP contribution < -0.4 is 15.6 Å². The molecule has 0 aliphatic carbocycles. The second kappa shape index (κ2) is 8.59. The van der Waals surface area contributed by atoms with Crippen LogP contribution in [0.4, 0.5) is 30.5 Å². The molecule has 0 bridgehead atoms. The topological polar surface area (TPSA) is 59.4 Å². The molecule has 2 aromatic heterocycles. The number of hydrogen-bond acceptors (Lipinski definition) is 5. The normalized spacial score (nSPS) is 14.0. The van der Waals surface area contributed by atoms with Gasteiger partial charge in [-0.3, -0.25) is 9.36 Å². The van der Waals surface area contributed by atoms with E-state index in [2.05, 4.69) is 10.3 Å². The molecule has 5 rings (SSSR count). The standard InChI is InChI=1S/C24H19F3N4O2/c25-15-1-5-17(6-2-15)28-22-14-21(32)19-13-20(27)24(30-9-11-33-12-10-30)29-23(19)31(22)18-7-3-16(26)4-8-18/h1-8,13-14,28H,9-12H2. The van der Waals surface area contributed by atoms with Crippen LogP contribution >= 0.6 is 0 Å². The van der Waals surface area contributed by atoms with Crippen molar-refractivity contribution in [2.75, 3.05) is 36.5 Å². The summed E-state index contributed by atoms with van der Waals surface area (Å²) in [6, 6.07) is 13.7. The fraction of sp³-hybridized carbons (Fsp3) is 0.167. The Kier molecular flexibility index (Phi) is 5.47. The van der Waals surface area contributed by atoms with E-state index in [-0.39, 0.29) is 16.9 Å². The Morgan fingerprint density at radius 2 is 1.52 bits per heavy atom. The summed E-state index contributed by atoms with van der Waals surface area (Å²) in [6.07, 6.45) is 0. The highest BCUT2D eigenvalue weighted by Crippen LogP contribution is 2.28. The van der Waals surface area contributed by atoms with E-state index < -0.39 is 22.9 Å². The Morgan fingerprint density at radius 3 is 2.18 bits per heavy atom. The maximum atomic E-state index is 15.0. The summed E-state index contributed by atoms with van der Waals surface area (Å²) in [5.41, 5.74) is 0.814. The third kappa shape index (κ3) is 4.14. The lowest BCUT2D eigenvalue weighted by atomic mass is 10.2. The monoisotopic (exact) mass is 452 g/mol. The Morgan fingerprint density at radius 1 is 0.879 bits per heavy atom. The summed E-state index contributed by atoms with van der Waals surface area (Å²) < 4.78 is 48.9. The van der Waals surface area contributed by atoms with Crippen molar-refractivity contribution in [1.29, 1.82) is 0 Å². The first kappa shape index (κ1) is 21.0. The van der Waals surface area contributed by atoms with Gasteiger partial charge < -0.3 is 15.0 Å². The number of benzene rings is 2. The number of aromatic nitrogens is 2. The summed E-state index contributed by atoms with van der Waals surface area (Å²) in [4.78, 5) is 19.2. The number of nitrogens with one attached hydrogen (secondary N) is 1. The number of fused-ring (bicyclic) bond motifs is 1. The third-order valence-corrected chi connectivity index (χ3v) is 5.44. The summed E-state index contributed by atoms with van der Waals surface area (Å²) in [5.74, 6) is -1.00. The molecule has 4 aromatic rings. The fourth-order valence-corrected chi connectivity index (χ4v) is 3.82. The Balaban J connectivity index is 1.75. The SMILES string of the molecule is O=c1cc(Nc2ccc(F)cc2)n(-c2ccc(F)cc2)c2nc(N3CCOCC3)c(F)cc12. The van der Waals surface area contributed by atoms with E-state index >= 15 is 0 Å². The first-order valence-electron chi connectivity index (χ1n) is 10.4. The van der Waals surface area contributed by atoms with Gasteiger partial charge in [0, 0.05) is 30.5 Å². The molecule has 1 fully saturated rings. The van der Waals surface area contributed by atoms with Crippen molar-refractivity contribution in [3.05, 3.63) is 88.3 Å². The van der Waals surface area contributed by atoms with Crippen molar-refractivity contribution in [3.8, 4) is 5.69 Å². The van der Waals surface area contributed by atoms with Crippen LogP contribution in [0.2, 0.25) is 0 Å². The van der Waals surface area contributed by atoms with Crippen LogP contribution in [0.15, 0.2) is 65.5 Å². The van der Waals surface area contributed by atoms with Gasteiger partial charge in [0.2, 0.25) is 0 Å². The lowest BCUT2D eigenvalue weighted by molar-refractivity contribution is 0.122. The molecular formula is C24H19F3N4O2. The van der Waals surface area contributed by atoms with Crippen molar-refractivity contribution in [2.45, 2.75) is 0 Å². The molecule has 9 heteroatoms. The van der Waals surface area contributed by atoms with Gasteiger partial charge in [0.05, 0.1) is 18.6 Å². The third-order valence-electron chi connectivity index (χ3n) is 5.44. The number of halogens is 3. The first-order valence-corrected chi connectivity index (χ1v) is 10.4. The quantitative estimate of drug-likeness (QED) is 0.498. The van der Waals surface area contributed by atoms with E-state index in [1.807, 2.05) is 0 Å². The lowest BCUT2D eigenvalue weighted by Crippen LogP contribution is -2.37. The molecule has 33 heavy (non-hydrogen) atoms. The number of rotatable bonds is 4.